The van der Waals surface area contributed by atoms with Gasteiger partial charge in [0.2, 0.25) is 0 Å². The number of nitrogens with zero attached hydrogens (tertiary/aromatic N) is 2. The van der Waals surface area contributed by atoms with Gasteiger partial charge in [0.1, 0.15) is 22.9 Å². The summed E-state index contributed by atoms with van der Waals surface area (Å²) in [5.74, 6) is 2.30. The van der Waals surface area contributed by atoms with Crippen molar-refractivity contribution in [3.63, 3.8) is 0 Å². The lowest BCUT2D eigenvalue weighted by atomic mass is 10.1. The van der Waals surface area contributed by atoms with Crippen molar-refractivity contribution in [3.8, 4) is 22.9 Å². The van der Waals surface area contributed by atoms with Crippen molar-refractivity contribution < 1.29 is 9.47 Å². The minimum Gasteiger partial charge on any atom is -0.496 e. The largest absolute Gasteiger partial charge is 0.496 e. The minimum atomic E-state index is 0.718. The molecule has 3 rings (SSSR count). The zero-order valence-corrected chi connectivity index (χ0v) is 14.6. The Kier molecular flexibility index (Phi) is 4.67. The smallest absolute Gasteiger partial charge is 0.147 e. The molecule has 0 atom stereocenters. The molecule has 2 aromatic carbocycles. The van der Waals surface area contributed by atoms with Crippen molar-refractivity contribution in [3.05, 3.63) is 64.9 Å². The third-order valence-electron chi connectivity index (χ3n) is 3.61. The van der Waals surface area contributed by atoms with Crippen LogP contribution in [0.25, 0.3) is 11.4 Å². The van der Waals surface area contributed by atoms with Crippen LogP contribution < -0.4 is 9.47 Å². The Balaban J connectivity index is 2.05. The highest BCUT2D eigenvalue weighted by Gasteiger charge is 2.17. The molecule has 0 aliphatic rings. The molecule has 4 nitrogen and oxygen atoms in total. The molecule has 5 heteroatoms. The molecule has 0 amide bonds. The maximum Gasteiger partial charge on any atom is 0.147 e. The molecule has 0 N–H and O–H groups in total. The van der Waals surface area contributed by atoms with Crippen molar-refractivity contribution in [2.45, 2.75) is 6.54 Å². The zero-order chi connectivity index (χ0) is 16.2. The number of ether oxygens (including phenoxy) is 2. The Morgan fingerprint density at radius 3 is 2.39 bits per heavy atom. The minimum absolute atomic E-state index is 0.718. The van der Waals surface area contributed by atoms with E-state index in [4.69, 9.17) is 9.47 Å². The van der Waals surface area contributed by atoms with Gasteiger partial charge in [0.15, 0.2) is 0 Å². The van der Waals surface area contributed by atoms with Crippen molar-refractivity contribution >= 4 is 15.9 Å². The van der Waals surface area contributed by atoms with Crippen LogP contribution >= 0.6 is 15.9 Å². The van der Waals surface area contributed by atoms with Crippen LogP contribution in [0.2, 0.25) is 0 Å². The highest BCUT2D eigenvalue weighted by Crippen LogP contribution is 2.37. The number of imidazole rings is 1. The summed E-state index contributed by atoms with van der Waals surface area (Å²) in [6.07, 6.45) is 3.75. The Bertz CT molecular complexity index is 792. The van der Waals surface area contributed by atoms with Gasteiger partial charge in [-0.05, 0) is 29.8 Å². The van der Waals surface area contributed by atoms with E-state index in [1.54, 1.807) is 20.4 Å². The summed E-state index contributed by atoms with van der Waals surface area (Å²) >= 11 is 3.51. The summed E-state index contributed by atoms with van der Waals surface area (Å²) in [6, 6.07) is 14.0. The fourth-order valence-electron chi connectivity index (χ4n) is 2.57. The molecule has 0 radical (unpaired) electrons. The van der Waals surface area contributed by atoms with Gasteiger partial charge in [-0.1, -0.05) is 34.1 Å². The van der Waals surface area contributed by atoms with Crippen LogP contribution in [0.3, 0.4) is 0 Å². The van der Waals surface area contributed by atoms with Gasteiger partial charge in [-0.15, -0.1) is 0 Å². The molecule has 0 saturated heterocycles. The molecule has 0 saturated carbocycles. The van der Waals surface area contributed by atoms with E-state index in [9.17, 15) is 0 Å². The topological polar surface area (TPSA) is 36.3 Å². The molecule has 0 aliphatic carbocycles. The van der Waals surface area contributed by atoms with Crippen molar-refractivity contribution in [2.75, 3.05) is 14.2 Å². The Morgan fingerprint density at radius 1 is 1.04 bits per heavy atom. The first-order chi connectivity index (χ1) is 11.2. The van der Waals surface area contributed by atoms with E-state index < -0.39 is 0 Å². The van der Waals surface area contributed by atoms with Gasteiger partial charge < -0.3 is 14.0 Å². The number of hydrogen-bond donors (Lipinski definition) is 0. The maximum absolute atomic E-state index is 5.50. The van der Waals surface area contributed by atoms with Gasteiger partial charge in [0.25, 0.3) is 0 Å². The second kappa shape index (κ2) is 6.87. The molecular weight excluding hydrogens is 356 g/mol. The summed E-state index contributed by atoms with van der Waals surface area (Å²) in [4.78, 5) is 4.51. The standard InChI is InChI=1S/C18H17BrN2O2/c1-22-15-7-4-8-16(23-2)17(15)18-20-9-10-21(18)12-13-5-3-6-14(19)11-13/h3-11H,12H2,1-2H3. The Morgan fingerprint density at radius 2 is 1.74 bits per heavy atom. The van der Waals surface area contributed by atoms with Crippen molar-refractivity contribution in [1.82, 2.24) is 9.55 Å². The SMILES string of the molecule is COc1cccc(OC)c1-c1nccn1Cc1cccc(Br)c1. The highest BCUT2D eigenvalue weighted by molar-refractivity contribution is 9.10. The zero-order valence-electron chi connectivity index (χ0n) is 13.0. The molecule has 118 valence electrons. The van der Waals surface area contributed by atoms with Crippen molar-refractivity contribution in [1.29, 1.82) is 0 Å². The number of hydrogen-bond acceptors (Lipinski definition) is 3. The predicted octanol–water partition coefficient (Wildman–Crippen LogP) is 4.38. The fraction of sp³-hybridized carbons (Fsp3) is 0.167. The number of aromatic nitrogens is 2. The predicted molar refractivity (Wildman–Crippen MR) is 94.0 cm³/mol. The molecule has 1 aromatic heterocycles. The molecule has 0 unspecified atom stereocenters. The molecule has 0 aliphatic heterocycles. The number of methoxy groups -OCH3 is 2. The lowest BCUT2D eigenvalue weighted by molar-refractivity contribution is 0.396. The Labute approximate surface area is 143 Å². The van der Waals surface area contributed by atoms with E-state index in [0.29, 0.717) is 0 Å². The molecule has 23 heavy (non-hydrogen) atoms. The first kappa shape index (κ1) is 15.6. The average molecular weight is 373 g/mol. The third-order valence-corrected chi connectivity index (χ3v) is 4.10. The van der Waals surface area contributed by atoms with Gasteiger partial charge in [0, 0.05) is 23.4 Å². The second-order valence-electron chi connectivity index (χ2n) is 5.05. The summed E-state index contributed by atoms with van der Waals surface area (Å²) in [5.41, 5.74) is 2.05. The quantitative estimate of drug-likeness (QED) is 0.666. The first-order valence-electron chi connectivity index (χ1n) is 7.20. The second-order valence-corrected chi connectivity index (χ2v) is 5.96. The lowest BCUT2D eigenvalue weighted by Gasteiger charge is -2.14. The fourth-order valence-corrected chi connectivity index (χ4v) is 3.02. The van der Waals surface area contributed by atoms with Gasteiger partial charge in [-0.25, -0.2) is 4.98 Å². The van der Waals surface area contributed by atoms with E-state index in [1.165, 1.54) is 5.56 Å². The van der Waals surface area contributed by atoms with Crippen LogP contribution in [0.5, 0.6) is 11.5 Å². The molecule has 0 bridgehead atoms. The van der Waals surface area contributed by atoms with Crippen LogP contribution in [0.1, 0.15) is 5.56 Å². The lowest BCUT2D eigenvalue weighted by Crippen LogP contribution is -2.03. The summed E-state index contributed by atoms with van der Waals surface area (Å²) in [5, 5.41) is 0. The molecule has 1 heterocycles. The number of halogens is 1. The van der Waals surface area contributed by atoms with Gasteiger partial charge in [-0.2, -0.15) is 0 Å². The van der Waals surface area contributed by atoms with Gasteiger partial charge in [0.05, 0.1) is 14.2 Å². The summed E-state index contributed by atoms with van der Waals surface area (Å²) in [6.45, 7) is 0.718. The van der Waals surface area contributed by atoms with E-state index in [2.05, 4.69) is 37.6 Å². The summed E-state index contributed by atoms with van der Waals surface area (Å²) < 4.78 is 14.1. The molecular formula is C18H17BrN2O2. The van der Waals surface area contributed by atoms with Crippen LogP contribution in [0.4, 0.5) is 0 Å². The normalized spacial score (nSPS) is 10.6. The monoisotopic (exact) mass is 372 g/mol. The first-order valence-corrected chi connectivity index (χ1v) is 7.99. The Hall–Kier alpha value is -2.27. The van der Waals surface area contributed by atoms with Crippen LogP contribution in [0, 0.1) is 0 Å². The van der Waals surface area contributed by atoms with Gasteiger partial charge >= 0.3 is 0 Å². The van der Waals surface area contributed by atoms with Crippen LogP contribution in [0.15, 0.2) is 59.3 Å². The van der Waals surface area contributed by atoms with Crippen LogP contribution in [-0.4, -0.2) is 23.8 Å². The average Bonchev–Trinajstić information content (AvgIpc) is 3.01. The molecule has 0 spiro atoms. The van der Waals surface area contributed by atoms with E-state index in [0.717, 1.165) is 33.9 Å². The maximum atomic E-state index is 5.50. The van der Waals surface area contributed by atoms with Crippen LogP contribution in [-0.2, 0) is 6.54 Å². The highest BCUT2D eigenvalue weighted by atomic mass is 79.9. The van der Waals surface area contributed by atoms with E-state index in [1.807, 2.05) is 36.5 Å². The summed E-state index contributed by atoms with van der Waals surface area (Å²) in [7, 11) is 3.31. The third kappa shape index (κ3) is 3.24. The van der Waals surface area contributed by atoms with E-state index in [-0.39, 0.29) is 0 Å². The van der Waals surface area contributed by atoms with E-state index >= 15 is 0 Å². The molecule has 3 aromatic rings. The van der Waals surface area contributed by atoms with Gasteiger partial charge in [-0.3, -0.25) is 0 Å². The number of benzene rings is 2. The number of rotatable bonds is 5. The van der Waals surface area contributed by atoms with Crippen molar-refractivity contribution in [2.24, 2.45) is 0 Å². The molecule has 0 fully saturated rings.